The van der Waals surface area contributed by atoms with E-state index in [2.05, 4.69) is 24.1 Å². The molecule has 0 N–H and O–H groups in total. The molecule has 0 atom stereocenters. The number of halogens is 2. The van der Waals surface area contributed by atoms with Crippen molar-refractivity contribution in [1.29, 1.82) is 0 Å². The van der Waals surface area contributed by atoms with Gasteiger partial charge in [0.1, 0.15) is 0 Å². The molecular formula is C16H23Cl2N. The smallest absolute Gasteiger partial charge is 0.0406 e. The van der Waals surface area contributed by atoms with Crippen LogP contribution in [0.15, 0.2) is 24.3 Å². The van der Waals surface area contributed by atoms with Crippen LogP contribution in [0.25, 0.3) is 0 Å². The minimum absolute atomic E-state index is 0. The molecule has 0 aromatic heterocycles. The lowest BCUT2D eigenvalue weighted by molar-refractivity contribution is 0.188. The lowest BCUT2D eigenvalue weighted by Crippen LogP contribution is -2.38. The van der Waals surface area contributed by atoms with Crippen LogP contribution >= 0.6 is 24.0 Å². The first-order valence-electron chi connectivity index (χ1n) is 7.16. The van der Waals surface area contributed by atoms with Gasteiger partial charge in [0, 0.05) is 11.1 Å². The van der Waals surface area contributed by atoms with Gasteiger partial charge in [-0.05, 0) is 68.8 Å². The Morgan fingerprint density at radius 2 is 1.84 bits per heavy atom. The van der Waals surface area contributed by atoms with Gasteiger partial charge in [-0.25, -0.2) is 0 Å². The Bertz CT molecular complexity index is 407. The second kappa shape index (κ2) is 6.03. The average molecular weight is 300 g/mol. The highest BCUT2D eigenvalue weighted by atomic mass is 35.5. The number of rotatable bonds is 5. The lowest BCUT2D eigenvalue weighted by atomic mass is 9.62. The monoisotopic (exact) mass is 299 g/mol. The van der Waals surface area contributed by atoms with Crippen LogP contribution in [0.3, 0.4) is 0 Å². The highest BCUT2D eigenvalue weighted by Gasteiger charge is 2.39. The second-order valence-electron chi connectivity index (χ2n) is 6.10. The van der Waals surface area contributed by atoms with E-state index in [0.29, 0.717) is 5.41 Å². The van der Waals surface area contributed by atoms with Crippen molar-refractivity contribution in [2.45, 2.75) is 50.0 Å². The molecule has 3 rings (SSSR count). The summed E-state index contributed by atoms with van der Waals surface area (Å²) in [6.07, 6.45) is 8.21. The zero-order chi connectivity index (χ0) is 12.6. The topological polar surface area (TPSA) is 3.24 Å². The fraction of sp³-hybridized carbons (Fsp3) is 0.625. The van der Waals surface area contributed by atoms with Crippen LogP contribution in [0.1, 0.15) is 44.1 Å². The minimum atomic E-state index is 0. The van der Waals surface area contributed by atoms with Crippen LogP contribution in [-0.4, -0.2) is 24.5 Å². The molecule has 1 aromatic rings. The van der Waals surface area contributed by atoms with Gasteiger partial charge < -0.3 is 4.90 Å². The van der Waals surface area contributed by atoms with E-state index < -0.39 is 0 Å². The number of benzene rings is 1. The average Bonchev–Trinajstić information content (AvgIpc) is 3.13. The molecule has 1 nitrogen and oxygen atoms in total. The van der Waals surface area contributed by atoms with Crippen LogP contribution in [0.4, 0.5) is 0 Å². The van der Waals surface area contributed by atoms with Gasteiger partial charge in [-0.15, -0.1) is 12.4 Å². The summed E-state index contributed by atoms with van der Waals surface area (Å²) in [5.41, 5.74) is 1.95. The van der Waals surface area contributed by atoms with Crippen molar-refractivity contribution in [3.8, 4) is 0 Å². The van der Waals surface area contributed by atoms with E-state index >= 15 is 0 Å². The molecule has 0 amide bonds. The molecule has 0 unspecified atom stereocenters. The molecule has 1 aromatic carbocycles. The van der Waals surface area contributed by atoms with Crippen LogP contribution < -0.4 is 0 Å². The molecule has 0 heterocycles. The van der Waals surface area contributed by atoms with Gasteiger partial charge in [0.05, 0.1) is 0 Å². The number of nitrogens with zero attached hydrogens (tertiary/aromatic N) is 1. The van der Waals surface area contributed by atoms with Gasteiger partial charge in [0.25, 0.3) is 0 Å². The standard InChI is InChI=1S/C16H22ClN.ClH/c1-18(15-7-8-15)12-11-16(9-2-10-16)13-3-5-14(17)6-4-13;/h3-6,15H,2,7-12H2,1H3;1H. The molecule has 3 heteroatoms. The quantitative estimate of drug-likeness (QED) is 0.764. The summed E-state index contributed by atoms with van der Waals surface area (Å²) in [6, 6.07) is 9.44. The van der Waals surface area contributed by atoms with Crippen LogP contribution in [0, 0.1) is 0 Å². The summed E-state index contributed by atoms with van der Waals surface area (Å²) in [6.45, 7) is 1.24. The first kappa shape index (κ1) is 15.2. The third-order valence-corrected chi connectivity index (χ3v) is 5.13. The van der Waals surface area contributed by atoms with Crippen molar-refractivity contribution in [2.75, 3.05) is 13.6 Å². The molecule has 2 aliphatic rings. The van der Waals surface area contributed by atoms with Gasteiger partial charge in [0.2, 0.25) is 0 Å². The van der Waals surface area contributed by atoms with Gasteiger partial charge in [-0.1, -0.05) is 30.2 Å². The molecule has 2 aliphatic carbocycles. The zero-order valence-corrected chi connectivity index (χ0v) is 13.1. The summed E-state index contributed by atoms with van der Waals surface area (Å²) in [7, 11) is 2.28. The molecular weight excluding hydrogens is 277 g/mol. The minimum Gasteiger partial charge on any atom is -0.303 e. The van der Waals surface area contributed by atoms with E-state index in [0.717, 1.165) is 11.1 Å². The number of hydrogen-bond acceptors (Lipinski definition) is 1. The maximum atomic E-state index is 5.99. The van der Waals surface area contributed by atoms with E-state index in [1.807, 2.05) is 12.1 Å². The van der Waals surface area contributed by atoms with Crippen LogP contribution in [0.2, 0.25) is 5.02 Å². The highest BCUT2D eigenvalue weighted by molar-refractivity contribution is 6.30. The van der Waals surface area contributed by atoms with Gasteiger partial charge >= 0.3 is 0 Å². The third kappa shape index (κ3) is 3.26. The first-order valence-corrected chi connectivity index (χ1v) is 7.54. The van der Waals surface area contributed by atoms with E-state index in [4.69, 9.17) is 11.6 Å². The summed E-state index contributed by atoms with van der Waals surface area (Å²) in [5, 5.41) is 0.850. The van der Waals surface area contributed by atoms with Gasteiger partial charge in [0.15, 0.2) is 0 Å². The first-order chi connectivity index (χ1) is 8.70. The molecule has 2 fully saturated rings. The molecule has 0 bridgehead atoms. The number of hydrogen-bond donors (Lipinski definition) is 0. The molecule has 106 valence electrons. The Labute approximate surface area is 127 Å². The SMILES string of the molecule is CN(CCC1(c2ccc(Cl)cc2)CCC1)C1CC1.Cl. The molecule has 0 saturated heterocycles. The van der Waals surface area contributed by atoms with Crippen molar-refractivity contribution in [3.63, 3.8) is 0 Å². The van der Waals surface area contributed by atoms with Crippen molar-refractivity contribution < 1.29 is 0 Å². The van der Waals surface area contributed by atoms with E-state index in [1.165, 1.54) is 50.6 Å². The van der Waals surface area contributed by atoms with E-state index in [1.54, 1.807) is 0 Å². The largest absolute Gasteiger partial charge is 0.303 e. The van der Waals surface area contributed by atoms with Crippen LogP contribution in [0.5, 0.6) is 0 Å². The van der Waals surface area contributed by atoms with Crippen molar-refractivity contribution in [1.82, 2.24) is 4.90 Å². The molecule has 0 spiro atoms. The van der Waals surface area contributed by atoms with Gasteiger partial charge in [-0.2, -0.15) is 0 Å². The fourth-order valence-corrected chi connectivity index (χ4v) is 3.30. The Morgan fingerprint density at radius 3 is 2.32 bits per heavy atom. The van der Waals surface area contributed by atoms with Crippen molar-refractivity contribution >= 4 is 24.0 Å². The van der Waals surface area contributed by atoms with Crippen molar-refractivity contribution in [2.24, 2.45) is 0 Å². The van der Waals surface area contributed by atoms with E-state index in [-0.39, 0.29) is 12.4 Å². The maximum Gasteiger partial charge on any atom is 0.0406 e. The predicted octanol–water partition coefficient (Wildman–Crippen LogP) is 4.67. The molecule has 2 saturated carbocycles. The summed E-state index contributed by atoms with van der Waals surface area (Å²) >= 11 is 5.99. The summed E-state index contributed by atoms with van der Waals surface area (Å²) < 4.78 is 0. The van der Waals surface area contributed by atoms with E-state index in [9.17, 15) is 0 Å². The maximum absolute atomic E-state index is 5.99. The second-order valence-corrected chi connectivity index (χ2v) is 6.54. The highest BCUT2D eigenvalue weighted by Crippen LogP contribution is 2.47. The molecule has 19 heavy (non-hydrogen) atoms. The fourth-order valence-electron chi connectivity index (χ4n) is 3.18. The zero-order valence-electron chi connectivity index (χ0n) is 11.6. The Balaban J connectivity index is 0.00000133. The Kier molecular flexibility index (Phi) is 4.81. The lowest BCUT2D eigenvalue weighted by Gasteiger charge is -2.43. The molecule has 0 aliphatic heterocycles. The van der Waals surface area contributed by atoms with Gasteiger partial charge in [-0.3, -0.25) is 0 Å². The third-order valence-electron chi connectivity index (χ3n) is 4.88. The Morgan fingerprint density at radius 1 is 1.21 bits per heavy atom. The summed E-state index contributed by atoms with van der Waals surface area (Å²) in [4.78, 5) is 2.55. The predicted molar refractivity (Wildman–Crippen MR) is 84.5 cm³/mol. The summed E-state index contributed by atoms with van der Waals surface area (Å²) in [5.74, 6) is 0. The van der Waals surface area contributed by atoms with Crippen molar-refractivity contribution in [3.05, 3.63) is 34.9 Å². The Hall–Kier alpha value is -0.240. The molecule has 0 radical (unpaired) electrons. The van der Waals surface area contributed by atoms with Crippen LogP contribution in [-0.2, 0) is 5.41 Å². The normalized spacial score (nSPS) is 20.8.